The fourth-order valence-corrected chi connectivity index (χ4v) is 3.99. The molecule has 2 aliphatic heterocycles. The molecule has 32 heavy (non-hydrogen) atoms. The predicted molar refractivity (Wildman–Crippen MR) is 106 cm³/mol. The molecule has 3 unspecified atom stereocenters. The number of nitrogens with one attached hydrogen (secondary N) is 1. The topological polar surface area (TPSA) is 121 Å². The third kappa shape index (κ3) is 3.72. The highest BCUT2D eigenvalue weighted by Gasteiger charge is 2.37. The third-order valence-electron chi connectivity index (χ3n) is 5.69. The molecule has 4 atom stereocenters. The van der Waals surface area contributed by atoms with Crippen LogP contribution in [0.1, 0.15) is 18.2 Å². The van der Waals surface area contributed by atoms with E-state index in [4.69, 9.17) is 4.74 Å². The van der Waals surface area contributed by atoms with Crippen molar-refractivity contribution in [1.82, 2.24) is 24.5 Å². The number of nitrogens with zero attached hydrogens (tertiary/aromatic N) is 6. The molecule has 0 aromatic carbocycles. The van der Waals surface area contributed by atoms with Crippen molar-refractivity contribution in [3.8, 4) is 0 Å². The minimum absolute atomic E-state index is 0.0115. The molecule has 10 nitrogen and oxygen atoms in total. The van der Waals surface area contributed by atoms with E-state index in [0.717, 1.165) is 18.7 Å². The Morgan fingerprint density at radius 3 is 2.66 bits per heavy atom. The molecule has 0 radical (unpaired) electrons. The van der Waals surface area contributed by atoms with Crippen LogP contribution >= 0.6 is 0 Å². The number of alkyl halides is 3. The monoisotopic (exact) mass is 451 g/mol. The van der Waals surface area contributed by atoms with Crippen molar-refractivity contribution in [3.63, 3.8) is 0 Å². The highest BCUT2D eigenvalue weighted by molar-refractivity contribution is 5.83. The van der Waals surface area contributed by atoms with Crippen molar-refractivity contribution in [2.45, 2.75) is 37.1 Å². The van der Waals surface area contributed by atoms with Crippen LogP contribution in [-0.2, 0) is 10.9 Å². The molecule has 13 heteroatoms. The molecule has 5 heterocycles. The van der Waals surface area contributed by atoms with Crippen LogP contribution in [0.25, 0.3) is 11.2 Å². The van der Waals surface area contributed by atoms with Gasteiger partial charge in [0, 0.05) is 25.3 Å². The van der Waals surface area contributed by atoms with E-state index in [0.29, 0.717) is 35.9 Å². The fourth-order valence-electron chi connectivity index (χ4n) is 3.99. The average molecular weight is 451 g/mol. The number of pyridine rings is 1. The van der Waals surface area contributed by atoms with Crippen molar-refractivity contribution in [1.29, 1.82) is 0 Å². The van der Waals surface area contributed by atoms with Crippen LogP contribution in [0.5, 0.6) is 0 Å². The number of ether oxygens (including phenoxy) is 1. The number of fused-ring (bicyclic) bond motifs is 1. The van der Waals surface area contributed by atoms with E-state index >= 15 is 0 Å². The second-order valence-corrected chi connectivity index (χ2v) is 7.81. The molecule has 0 spiro atoms. The van der Waals surface area contributed by atoms with Gasteiger partial charge in [0.05, 0.1) is 18.5 Å². The summed E-state index contributed by atoms with van der Waals surface area (Å²) in [6.45, 7) is 1.16. The molecule has 2 saturated heterocycles. The summed E-state index contributed by atoms with van der Waals surface area (Å²) in [6, 6.07) is 2.37. The first-order valence-electron chi connectivity index (χ1n) is 10.0. The van der Waals surface area contributed by atoms with E-state index in [9.17, 15) is 23.4 Å². The van der Waals surface area contributed by atoms with Gasteiger partial charge in [-0.1, -0.05) is 0 Å². The first-order chi connectivity index (χ1) is 15.3. The van der Waals surface area contributed by atoms with Crippen LogP contribution in [0.15, 0.2) is 31.0 Å². The van der Waals surface area contributed by atoms with Crippen LogP contribution < -0.4 is 10.2 Å². The predicted octanol–water partition coefficient (Wildman–Crippen LogP) is 1.18. The lowest BCUT2D eigenvalue weighted by molar-refractivity contribution is -0.137. The second-order valence-electron chi connectivity index (χ2n) is 7.81. The summed E-state index contributed by atoms with van der Waals surface area (Å²) in [4.78, 5) is 18.7. The average Bonchev–Trinajstić information content (AvgIpc) is 3.48. The van der Waals surface area contributed by atoms with E-state index in [1.165, 1.54) is 18.7 Å². The summed E-state index contributed by atoms with van der Waals surface area (Å²) in [7, 11) is 0. The number of hydrogen-bond donors (Lipinski definition) is 3. The number of rotatable bonds is 4. The zero-order chi connectivity index (χ0) is 22.5. The number of hydrogen-bond acceptors (Lipinski definition) is 9. The van der Waals surface area contributed by atoms with Gasteiger partial charge in [-0.05, 0) is 18.6 Å². The van der Waals surface area contributed by atoms with E-state index in [-0.39, 0.29) is 12.6 Å². The Hall–Kier alpha value is -3.03. The zero-order valence-electron chi connectivity index (χ0n) is 16.6. The number of halogens is 3. The molecule has 0 bridgehead atoms. The summed E-state index contributed by atoms with van der Waals surface area (Å²) in [5.74, 6) is 0.972. The Kier molecular flexibility index (Phi) is 5.10. The fraction of sp³-hybridized carbons (Fsp3) is 0.474. The van der Waals surface area contributed by atoms with Gasteiger partial charge in [0.1, 0.15) is 24.4 Å². The Morgan fingerprint density at radius 2 is 1.97 bits per heavy atom. The zero-order valence-corrected chi connectivity index (χ0v) is 16.6. The maximum atomic E-state index is 12.8. The molecule has 3 N–H and O–H groups in total. The highest BCUT2D eigenvalue weighted by atomic mass is 19.4. The Morgan fingerprint density at radius 1 is 1.12 bits per heavy atom. The first-order valence-corrected chi connectivity index (χ1v) is 10.0. The van der Waals surface area contributed by atoms with Gasteiger partial charge >= 0.3 is 6.18 Å². The molecule has 2 aliphatic rings. The van der Waals surface area contributed by atoms with Gasteiger partial charge in [-0.3, -0.25) is 4.57 Å². The first kappa shape index (κ1) is 20.8. The van der Waals surface area contributed by atoms with Crippen LogP contribution in [0.2, 0.25) is 0 Å². The molecular formula is C19H20F3N7O3. The SMILES string of the molecule is OC1COC(n2cnc3c(N[C@@H]4CCN(c5ccc(C(F)(F)F)cn5)C4)ncnc32)C1O. The second kappa shape index (κ2) is 7.83. The van der Waals surface area contributed by atoms with Gasteiger partial charge < -0.3 is 25.2 Å². The number of aliphatic hydroxyl groups excluding tert-OH is 2. The van der Waals surface area contributed by atoms with Crippen LogP contribution in [0.3, 0.4) is 0 Å². The minimum Gasteiger partial charge on any atom is -0.388 e. The molecule has 0 saturated carbocycles. The molecule has 2 fully saturated rings. The lowest BCUT2D eigenvalue weighted by atomic mass is 10.2. The molecule has 0 aliphatic carbocycles. The van der Waals surface area contributed by atoms with Gasteiger partial charge in [0.25, 0.3) is 0 Å². The minimum atomic E-state index is -4.42. The quantitative estimate of drug-likeness (QED) is 0.537. The maximum absolute atomic E-state index is 12.8. The summed E-state index contributed by atoms with van der Waals surface area (Å²) in [5.41, 5.74) is 0.147. The molecule has 3 aromatic rings. The summed E-state index contributed by atoms with van der Waals surface area (Å²) in [5, 5.41) is 23.2. The van der Waals surface area contributed by atoms with Crippen molar-refractivity contribution in [2.24, 2.45) is 0 Å². The van der Waals surface area contributed by atoms with Gasteiger partial charge in [0.2, 0.25) is 0 Å². The lowest BCUT2D eigenvalue weighted by Gasteiger charge is -2.19. The van der Waals surface area contributed by atoms with Gasteiger partial charge in [-0.15, -0.1) is 0 Å². The normalized spacial score (nSPS) is 26.2. The van der Waals surface area contributed by atoms with E-state index < -0.39 is 30.2 Å². The number of aromatic nitrogens is 5. The van der Waals surface area contributed by atoms with E-state index in [1.54, 1.807) is 4.57 Å². The van der Waals surface area contributed by atoms with Crippen molar-refractivity contribution in [3.05, 3.63) is 36.5 Å². The molecule has 3 aromatic heterocycles. The smallest absolute Gasteiger partial charge is 0.388 e. The van der Waals surface area contributed by atoms with Crippen molar-refractivity contribution in [2.75, 3.05) is 29.9 Å². The number of aliphatic hydroxyl groups is 2. The van der Waals surface area contributed by atoms with Crippen molar-refractivity contribution < 1.29 is 28.1 Å². The molecule has 5 rings (SSSR count). The highest BCUT2D eigenvalue weighted by Crippen LogP contribution is 2.31. The largest absolute Gasteiger partial charge is 0.417 e. The van der Waals surface area contributed by atoms with E-state index in [1.807, 2.05) is 4.90 Å². The Labute approximate surface area is 179 Å². The summed E-state index contributed by atoms with van der Waals surface area (Å²) < 4.78 is 45.3. The van der Waals surface area contributed by atoms with Crippen molar-refractivity contribution >= 4 is 22.8 Å². The summed E-state index contributed by atoms with van der Waals surface area (Å²) >= 11 is 0. The Bertz CT molecular complexity index is 1110. The van der Waals surface area contributed by atoms with Crippen LogP contribution in [0, 0.1) is 0 Å². The number of anilines is 2. The molecule has 170 valence electrons. The standard InChI is InChI=1S/C19H20F3N7O3/c20-19(21,22)10-1-2-13(23-5-10)28-4-3-11(6-28)27-16-14-17(25-8-24-16)29(9-26-14)18-15(31)12(30)7-32-18/h1-2,5,8-9,11-12,15,18,30-31H,3-4,6-7H2,(H,24,25,27)/t11-,12?,15?,18?/m1/s1. The third-order valence-corrected chi connectivity index (χ3v) is 5.69. The maximum Gasteiger partial charge on any atom is 0.417 e. The van der Waals surface area contributed by atoms with Crippen LogP contribution in [-0.4, -0.2) is 72.7 Å². The Balaban J connectivity index is 1.30. The lowest BCUT2D eigenvalue weighted by Crippen LogP contribution is -2.28. The van der Waals surface area contributed by atoms with Crippen LogP contribution in [0.4, 0.5) is 24.8 Å². The molecule has 0 amide bonds. The molecular weight excluding hydrogens is 431 g/mol. The summed E-state index contributed by atoms with van der Waals surface area (Å²) in [6.07, 6.45) is -2.89. The van der Waals surface area contributed by atoms with Gasteiger partial charge in [0.15, 0.2) is 23.2 Å². The van der Waals surface area contributed by atoms with Gasteiger partial charge in [-0.25, -0.2) is 19.9 Å². The van der Waals surface area contributed by atoms with E-state index in [2.05, 4.69) is 25.3 Å². The van der Waals surface area contributed by atoms with Gasteiger partial charge in [-0.2, -0.15) is 13.2 Å². The number of imidazole rings is 1.